The van der Waals surface area contributed by atoms with Crippen molar-refractivity contribution in [2.45, 2.75) is 0 Å². The summed E-state index contributed by atoms with van der Waals surface area (Å²) in [7, 11) is 0. The molecule has 0 amide bonds. The molecular formula is C23H29FN2O4. The summed E-state index contributed by atoms with van der Waals surface area (Å²) in [5.74, 6) is -0.265. The molecule has 0 spiro atoms. The lowest BCUT2D eigenvalue weighted by Crippen LogP contribution is -2.31. The van der Waals surface area contributed by atoms with Gasteiger partial charge in [-0.15, -0.1) is 0 Å². The minimum Gasteiger partial charge on any atom is -0.377 e. The zero-order valence-corrected chi connectivity index (χ0v) is 17.2. The van der Waals surface area contributed by atoms with Crippen molar-refractivity contribution < 1.29 is 23.3 Å². The van der Waals surface area contributed by atoms with Gasteiger partial charge >= 0.3 is 0 Å². The number of anilines is 1. The first-order valence-electron chi connectivity index (χ1n) is 10.3. The largest absolute Gasteiger partial charge is 0.377 e. The number of hydrogen-bond donors (Lipinski definition) is 0. The van der Waals surface area contributed by atoms with Crippen LogP contribution in [0.5, 0.6) is 0 Å². The van der Waals surface area contributed by atoms with E-state index in [0.717, 1.165) is 24.3 Å². The topological polar surface area (TPSA) is 52.5 Å². The number of aliphatic imine (C=N–C) groups is 1. The Bertz CT molecular complexity index is 737. The molecule has 30 heavy (non-hydrogen) atoms. The number of halogens is 1. The van der Waals surface area contributed by atoms with E-state index in [-0.39, 0.29) is 5.82 Å². The first-order chi connectivity index (χ1) is 14.8. The van der Waals surface area contributed by atoms with Gasteiger partial charge in [-0.2, -0.15) is 0 Å². The molecule has 0 bridgehead atoms. The summed E-state index contributed by atoms with van der Waals surface area (Å²) < 4.78 is 35.3. The first-order valence-corrected chi connectivity index (χ1v) is 10.3. The van der Waals surface area contributed by atoms with E-state index in [4.69, 9.17) is 18.9 Å². The smallest absolute Gasteiger partial charge is 0.123 e. The van der Waals surface area contributed by atoms with Crippen LogP contribution < -0.4 is 4.90 Å². The van der Waals surface area contributed by atoms with Crippen molar-refractivity contribution >= 4 is 17.6 Å². The lowest BCUT2D eigenvalue weighted by molar-refractivity contribution is 0.00206. The molecule has 0 aromatic heterocycles. The predicted molar refractivity (Wildman–Crippen MR) is 116 cm³/mol. The highest BCUT2D eigenvalue weighted by Gasteiger charge is 2.07. The van der Waals surface area contributed by atoms with Crippen molar-refractivity contribution in [2.75, 3.05) is 70.8 Å². The van der Waals surface area contributed by atoms with Crippen LogP contribution in [0.2, 0.25) is 0 Å². The van der Waals surface area contributed by atoms with Gasteiger partial charge in [0.2, 0.25) is 0 Å². The van der Waals surface area contributed by atoms with Crippen molar-refractivity contribution in [3.8, 4) is 0 Å². The third kappa shape index (κ3) is 8.20. The Kier molecular flexibility index (Phi) is 9.75. The Morgan fingerprint density at radius 2 is 1.17 bits per heavy atom. The third-order valence-corrected chi connectivity index (χ3v) is 4.57. The Morgan fingerprint density at radius 3 is 1.70 bits per heavy atom. The summed E-state index contributed by atoms with van der Waals surface area (Å²) in [6.07, 6.45) is 1.77. The average Bonchev–Trinajstić information content (AvgIpc) is 2.78. The molecule has 0 atom stereocenters. The van der Waals surface area contributed by atoms with Gasteiger partial charge in [0.25, 0.3) is 0 Å². The fraction of sp³-hybridized carbons (Fsp3) is 0.435. The predicted octanol–water partition coefficient (Wildman–Crippen LogP) is 3.46. The van der Waals surface area contributed by atoms with E-state index in [9.17, 15) is 4.39 Å². The van der Waals surface area contributed by atoms with Gasteiger partial charge in [0, 0.05) is 25.0 Å². The van der Waals surface area contributed by atoms with Gasteiger partial charge in [0.1, 0.15) is 5.82 Å². The molecule has 0 N–H and O–H groups in total. The van der Waals surface area contributed by atoms with Crippen molar-refractivity contribution in [3.63, 3.8) is 0 Å². The van der Waals surface area contributed by atoms with Gasteiger partial charge in [0.05, 0.1) is 58.5 Å². The molecule has 1 heterocycles. The summed E-state index contributed by atoms with van der Waals surface area (Å²) in [6.45, 7) is 6.21. The molecule has 6 nitrogen and oxygen atoms in total. The maximum absolute atomic E-state index is 13.0. The third-order valence-electron chi connectivity index (χ3n) is 4.57. The number of ether oxygens (including phenoxy) is 4. The lowest BCUT2D eigenvalue weighted by atomic mass is 10.2. The maximum Gasteiger partial charge on any atom is 0.123 e. The lowest BCUT2D eigenvalue weighted by Gasteiger charge is -2.25. The summed E-state index contributed by atoms with van der Waals surface area (Å²) in [5, 5.41) is 0. The number of benzene rings is 2. The molecule has 1 saturated heterocycles. The molecule has 1 aliphatic heterocycles. The molecule has 0 unspecified atom stereocenters. The monoisotopic (exact) mass is 416 g/mol. The number of nitrogens with zero attached hydrogens (tertiary/aromatic N) is 2. The molecule has 3 rings (SSSR count). The molecule has 7 heteroatoms. The van der Waals surface area contributed by atoms with Crippen LogP contribution in [0.4, 0.5) is 15.8 Å². The van der Waals surface area contributed by atoms with Gasteiger partial charge in [-0.3, -0.25) is 4.99 Å². The summed E-state index contributed by atoms with van der Waals surface area (Å²) >= 11 is 0. The SMILES string of the molecule is Fc1ccc(N=Cc2ccc(N3CCOCCOCCOCCOCC3)cc2)cc1. The summed E-state index contributed by atoms with van der Waals surface area (Å²) in [6, 6.07) is 14.3. The van der Waals surface area contributed by atoms with Crippen LogP contribution in [0.1, 0.15) is 5.56 Å². The normalized spacial score (nSPS) is 18.1. The molecule has 0 aliphatic carbocycles. The summed E-state index contributed by atoms with van der Waals surface area (Å²) in [5.41, 5.74) is 2.79. The zero-order chi connectivity index (χ0) is 20.9. The fourth-order valence-electron chi connectivity index (χ4n) is 2.93. The molecule has 2 aromatic carbocycles. The molecule has 1 aliphatic rings. The van der Waals surface area contributed by atoms with Gasteiger partial charge in [0.15, 0.2) is 0 Å². The molecular weight excluding hydrogens is 387 g/mol. The van der Waals surface area contributed by atoms with Crippen LogP contribution in [0.3, 0.4) is 0 Å². The van der Waals surface area contributed by atoms with Gasteiger partial charge in [-0.25, -0.2) is 4.39 Å². The van der Waals surface area contributed by atoms with E-state index in [1.165, 1.54) is 12.1 Å². The second kappa shape index (κ2) is 13.1. The zero-order valence-electron chi connectivity index (χ0n) is 17.2. The Labute approximate surface area is 177 Å². The van der Waals surface area contributed by atoms with Crippen LogP contribution in [0, 0.1) is 5.82 Å². The molecule has 1 fully saturated rings. The maximum atomic E-state index is 13.0. The van der Waals surface area contributed by atoms with Crippen molar-refractivity contribution in [2.24, 2.45) is 4.99 Å². The minimum atomic E-state index is -0.265. The van der Waals surface area contributed by atoms with Gasteiger partial charge in [-0.1, -0.05) is 12.1 Å². The number of rotatable bonds is 3. The van der Waals surface area contributed by atoms with Crippen LogP contribution in [-0.4, -0.2) is 72.2 Å². The average molecular weight is 416 g/mol. The van der Waals surface area contributed by atoms with Gasteiger partial charge in [-0.05, 0) is 42.0 Å². The van der Waals surface area contributed by atoms with Crippen molar-refractivity contribution in [3.05, 3.63) is 59.9 Å². The van der Waals surface area contributed by atoms with Crippen LogP contribution >= 0.6 is 0 Å². The van der Waals surface area contributed by atoms with Crippen molar-refractivity contribution in [1.82, 2.24) is 0 Å². The highest BCUT2D eigenvalue weighted by atomic mass is 19.1. The van der Waals surface area contributed by atoms with Crippen LogP contribution in [0.15, 0.2) is 53.5 Å². The standard InChI is InChI=1S/C23H29FN2O4/c24-21-3-5-22(6-4-21)25-19-20-1-7-23(8-2-20)26-9-11-27-13-15-29-17-18-30-16-14-28-12-10-26/h1-8,19H,9-18H2. The van der Waals surface area contributed by atoms with E-state index in [1.54, 1.807) is 18.3 Å². The minimum absolute atomic E-state index is 0.265. The van der Waals surface area contributed by atoms with E-state index in [1.807, 2.05) is 12.1 Å². The molecule has 0 saturated carbocycles. The van der Waals surface area contributed by atoms with Gasteiger partial charge < -0.3 is 23.8 Å². The molecule has 162 valence electrons. The Hall–Kier alpha value is -2.32. The summed E-state index contributed by atoms with van der Waals surface area (Å²) in [4.78, 5) is 6.62. The highest BCUT2D eigenvalue weighted by Crippen LogP contribution is 2.16. The fourth-order valence-corrected chi connectivity index (χ4v) is 2.93. The van der Waals surface area contributed by atoms with E-state index in [2.05, 4.69) is 22.0 Å². The Balaban J connectivity index is 1.57. The molecule has 2 aromatic rings. The second-order valence-corrected chi connectivity index (χ2v) is 6.76. The molecule has 0 radical (unpaired) electrons. The van der Waals surface area contributed by atoms with E-state index in [0.29, 0.717) is 58.5 Å². The number of hydrogen-bond acceptors (Lipinski definition) is 6. The highest BCUT2D eigenvalue weighted by molar-refractivity contribution is 5.82. The Morgan fingerprint density at radius 1 is 0.667 bits per heavy atom. The van der Waals surface area contributed by atoms with Crippen LogP contribution in [-0.2, 0) is 18.9 Å². The quantitative estimate of drug-likeness (QED) is 0.718. The van der Waals surface area contributed by atoms with Crippen molar-refractivity contribution in [1.29, 1.82) is 0 Å². The van der Waals surface area contributed by atoms with Crippen LogP contribution in [0.25, 0.3) is 0 Å². The van der Waals surface area contributed by atoms with E-state index < -0.39 is 0 Å². The first kappa shape index (κ1) is 22.4. The van der Waals surface area contributed by atoms with E-state index >= 15 is 0 Å². The second-order valence-electron chi connectivity index (χ2n) is 6.76.